The molecule has 0 aliphatic carbocycles. The Bertz CT molecular complexity index is 8.00. The van der Waals surface area contributed by atoms with Crippen molar-refractivity contribution in [2.45, 2.75) is 4.97 Å². The predicted molar refractivity (Wildman–Crippen MR) is 25.1 cm³/mol. The van der Waals surface area contributed by atoms with E-state index in [1.807, 2.05) is 8.99 Å². The molecule has 0 spiro atoms. The van der Waals surface area contributed by atoms with Crippen LogP contribution in [0, 0.1) is 0 Å². The SMILES string of the molecule is CS[Te]C. The first-order valence-electron chi connectivity index (χ1n) is 0.983. The Morgan fingerprint density at radius 2 is 2.00 bits per heavy atom. The van der Waals surface area contributed by atoms with Crippen LogP contribution in [0.4, 0.5) is 0 Å². The van der Waals surface area contributed by atoms with Crippen molar-refractivity contribution >= 4 is 28.5 Å². The molecule has 0 saturated carbocycles. The zero-order valence-electron chi connectivity index (χ0n) is 2.82. The molecule has 0 amide bonds. The molecule has 0 bridgehead atoms. The summed E-state index contributed by atoms with van der Waals surface area (Å²) in [5.41, 5.74) is 0. The number of hydrogen-bond donors (Lipinski definition) is 0. The van der Waals surface area contributed by atoms with Gasteiger partial charge in [0.15, 0.2) is 0 Å². The summed E-state index contributed by atoms with van der Waals surface area (Å²) in [4.78, 5) is 2.27. The summed E-state index contributed by atoms with van der Waals surface area (Å²) in [5, 5.41) is 0. The molecule has 0 saturated heterocycles. The molecule has 0 atom stereocenters. The van der Waals surface area contributed by atoms with Crippen molar-refractivity contribution in [3.63, 3.8) is 0 Å². The Balaban J connectivity index is 1.97. The van der Waals surface area contributed by atoms with Gasteiger partial charge in [-0.2, -0.15) is 0 Å². The summed E-state index contributed by atoms with van der Waals surface area (Å²) in [6, 6.07) is 0. The third kappa shape index (κ3) is 3.14. The Kier molecular flexibility index (Phi) is 5.32. The zero-order valence-corrected chi connectivity index (χ0v) is 5.96. The van der Waals surface area contributed by atoms with Crippen LogP contribution in [0.1, 0.15) is 0 Å². The van der Waals surface area contributed by atoms with Gasteiger partial charge in [0, 0.05) is 0 Å². The van der Waals surface area contributed by atoms with Gasteiger partial charge in [-0.05, 0) is 0 Å². The average molecular weight is 190 g/mol. The van der Waals surface area contributed by atoms with Crippen LogP contribution >= 0.6 is 8.99 Å². The molecule has 0 rings (SSSR count). The second-order valence-corrected chi connectivity index (χ2v) is 6.71. The van der Waals surface area contributed by atoms with E-state index in [0.29, 0.717) is 19.5 Å². The molecule has 4 heavy (non-hydrogen) atoms. The second-order valence-electron chi connectivity index (χ2n) is 0.333. The molecule has 0 fully saturated rings. The van der Waals surface area contributed by atoms with E-state index in [-0.39, 0.29) is 0 Å². The molecule has 0 heterocycles. The molecule has 0 N–H and O–H groups in total. The van der Waals surface area contributed by atoms with Crippen molar-refractivity contribution in [1.82, 2.24) is 0 Å². The summed E-state index contributed by atoms with van der Waals surface area (Å²) in [7, 11) is 1.99. The van der Waals surface area contributed by atoms with Crippen molar-refractivity contribution in [3.05, 3.63) is 0 Å². The van der Waals surface area contributed by atoms with E-state index in [9.17, 15) is 0 Å². The Labute approximate surface area is 39.9 Å². The summed E-state index contributed by atoms with van der Waals surface area (Å²) < 4.78 is 0. The van der Waals surface area contributed by atoms with Gasteiger partial charge in [-0.15, -0.1) is 0 Å². The summed E-state index contributed by atoms with van der Waals surface area (Å²) >= 11 is 0.398. The molecule has 0 nitrogen and oxygen atoms in total. The van der Waals surface area contributed by atoms with E-state index in [4.69, 9.17) is 0 Å². The van der Waals surface area contributed by atoms with Crippen LogP contribution in [0.2, 0.25) is 4.97 Å². The van der Waals surface area contributed by atoms with Crippen LogP contribution in [0.5, 0.6) is 0 Å². The van der Waals surface area contributed by atoms with Gasteiger partial charge in [0.1, 0.15) is 0 Å². The van der Waals surface area contributed by atoms with Crippen LogP contribution in [0.15, 0.2) is 0 Å². The van der Waals surface area contributed by atoms with Crippen LogP contribution in [0.3, 0.4) is 0 Å². The maximum absolute atomic E-state index is 2.27. The van der Waals surface area contributed by atoms with Gasteiger partial charge >= 0.3 is 39.8 Å². The van der Waals surface area contributed by atoms with Crippen molar-refractivity contribution in [3.8, 4) is 0 Å². The molecule has 0 aliphatic rings. The van der Waals surface area contributed by atoms with Crippen molar-refractivity contribution < 1.29 is 0 Å². The molecule has 0 unspecified atom stereocenters. The first-order chi connectivity index (χ1) is 1.91. The molecule has 2 heteroatoms. The molecule has 26 valence electrons. The van der Waals surface area contributed by atoms with Crippen LogP contribution in [0.25, 0.3) is 0 Å². The third-order valence-corrected chi connectivity index (χ3v) is 3.35. The van der Waals surface area contributed by atoms with E-state index in [1.54, 1.807) is 0 Å². The number of rotatable bonds is 1. The fourth-order valence-corrected chi connectivity index (χ4v) is 0. The van der Waals surface area contributed by atoms with Crippen LogP contribution < -0.4 is 0 Å². The third-order valence-electron chi connectivity index (χ3n) is 0.167. The molecule has 0 aromatic heterocycles. The van der Waals surface area contributed by atoms with Gasteiger partial charge < -0.3 is 0 Å². The van der Waals surface area contributed by atoms with Crippen molar-refractivity contribution in [2.75, 3.05) is 6.26 Å². The van der Waals surface area contributed by atoms with E-state index < -0.39 is 0 Å². The van der Waals surface area contributed by atoms with Gasteiger partial charge in [-0.1, -0.05) is 0 Å². The second kappa shape index (κ2) is 4.14. The first-order valence-corrected chi connectivity index (χ1v) is 7.32. The zero-order chi connectivity index (χ0) is 3.41. The molecule has 0 radical (unpaired) electrons. The summed E-state index contributed by atoms with van der Waals surface area (Å²) in [5.74, 6) is 0. The van der Waals surface area contributed by atoms with Crippen molar-refractivity contribution in [2.24, 2.45) is 0 Å². The summed E-state index contributed by atoms with van der Waals surface area (Å²) in [6.07, 6.45) is 2.16. The van der Waals surface area contributed by atoms with Gasteiger partial charge in [-0.3, -0.25) is 0 Å². The van der Waals surface area contributed by atoms with Gasteiger partial charge in [0.25, 0.3) is 0 Å². The predicted octanol–water partition coefficient (Wildman–Crippen LogP) is 1.02. The van der Waals surface area contributed by atoms with E-state index >= 15 is 0 Å². The van der Waals surface area contributed by atoms with E-state index in [0.717, 1.165) is 0 Å². The van der Waals surface area contributed by atoms with Crippen LogP contribution in [-0.2, 0) is 0 Å². The first kappa shape index (κ1) is 5.14. The maximum atomic E-state index is 2.27. The topological polar surface area (TPSA) is 0 Å². The van der Waals surface area contributed by atoms with Gasteiger partial charge in [0.05, 0.1) is 0 Å². The molecule has 0 aliphatic heterocycles. The van der Waals surface area contributed by atoms with E-state index in [1.165, 1.54) is 0 Å². The van der Waals surface area contributed by atoms with Gasteiger partial charge in [0.2, 0.25) is 0 Å². The number of hydrogen-bond acceptors (Lipinski definition) is 1. The molecule has 0 aromatic rings. The standard InChI is InChI=1S/C2H6STe/c1-3-4-2/h1-2H3. The Morgan fingerprint density at radius 1 is 1.75 bits per heavy atom. The minimum atomic E-state index is 0.398. The summed E-state index contributed by atoms with van der Waals surface area (Å²) in [6.45, 7) is 0. The van der Waals surface area contributed by atoms with E-state index in [2.05, 4.69) is 11.2 Å². The monoisotopic (exact) mass is 192 g/mol. The quantitative estimate of drug-likeness (QED) is 0.556. The fourth-order valence-electron chi connectivity index (χ4n) is 0. The van der Waals surface area contributed by atoms with Crippen molar-refractivity contribution in [1.29, 1.82) is 0 Å². The fraction of sp³-hybridized carbons (Fsp3) is 1.00. The Morgan fingerprint density at radius 3 is 2.00 bits per heavy atom. The minimum absolute atomic E-state index is 0.398. The van der Waals surface area contributed by atoms with Crippen LogP contribution in [-0.4, -0.2) is 25.8 Å². The normalized spacial score (nSPS) is 7.50. The molecule has 0 aromatic carbocycles. The Hall–Kier alpha value is 1.14. The van der Waals surface area contributed by atoms with Gasteiger partial charge in [-0.25, -0.2) is 0 Å². The average Bonchev–Trinajstić information content (AvgIpc) is 1.37. The molecular formula is C2H6STe. The molecular weight excluding hydrogens is 184 g/mol.